The van der Waals surface area contributed by atoms with Crippen LogP contribution in [0.3, 0.4) is 0 Å². The highest BCUT2D eigenvalue weighted by molar-refractivity contribution is 5.94. The topological polar surface area (TPSA) is 65.7 Å². The van der Waals surface area contributed by atoms with Crippen molar-refractivity contribution in [1.82, 2.24) is 9.78 Å². The van der Waals surface area contributed by atoms with E-state index in [1.165, 1.54) is 17.3 Å². The molecule has 0 aliphatic rings. The molecule has 0 aliphatic carbocycles. The Labute approximate surface area is 93.9 Å². The van der Waals surface area contributed by atoms with Crippen LogP contribution in [0.25, 0.3) is 0 Å². The van der Waals surface area contributed by atoms with E-state index in [4.69, 9.17) is 9.47 Å². The SMILES string of the molecule is CCOC=Nc1c(C(=O)OCC)cnn1C. The molecule has 1 aromatic rings. The van der Waals surface area contributed by atoms with Gasteiger partial charge < -0.3 is 9.47 Å². The summed E-state index contributed by atoms with van der Waals surface area (Å²) in [5, 5.41) is 3.95. The van der Waals surface area contributed by atoms with Gasteiger partial charge in [0, 0.05) is 7.05 Å². The standard InChI is InChI=1S/C10H15N3O3/c1-4-15-7-11-9-8(6-12-13(9)3)10(14)16-5-2/h6-7H,4-5H2,1-3H3. The number of aryl methyl sites for hydroxylation is 1. The van der Waals surface area contributed by atoms with Crippen LogP contribution in [0, 0.1) is 0 Å². The molecule has 88 valence electrons. The summed E-state index contributed by atoms with van der Waals surface area (Å²) in [7, 11) is 1.70. The van der Waals surface area contributed by atoms with E-state index in [9.17, 15) is 4.79 Å². The van der Waals surface area contributed by atoms with Crippen molar-refractivity contribution in [1.29, 1.82) is 0 Å². The van der Waals surface area contributed by atoms with E-state index < -0.39 is 5.97 Å². The monoisotopic (exact) mass is 225 g/mol. The van der Waals surface area contributed by atoms with E-state index in [2.05, 4.69) is 10.1 Å². The number of esters is 1. The lowest BCUT2D eigenvalue weighted by Gasteiger charge is -2.00. The summed E-state index contributed by atoms with van der Waals surface area (Å²) >= 11 is 0. The van der Waals surface area contributed by atoms with E-state index in [0.29, 0.717) is 24.6 Å². The molecule has 0 atom stereocenters. The number of carbonyl (C=O) groups is 1. The molecular weight excluding hydrogens is 210 g/mol. The first-order chi connectivity index (χ1) is 7.70. The highest BCUT2D eigenvalue weighted by atomic mass is 16.5. The van der Waals surface area contributed by atoms with Crippen LogP contribution in [0.5, 0.6) is 0 Å². The first-order valence-corrected chi connectivity index (χ1v) is 5.04. The first kappa shape index (κ1) is 12.2. The molecule has 6 heteroatoms. The van der Waals surface area contributed by atoms with Gasteiger partial charge in [-0.3, -0.25) is 4.68 Å². The molecular formula is C10H15N3O3. The van der Waals surface area contributed by atoms with Crippen LogP contribution in [0.4, 0.5) is 5.82 Å². The fourth-order valence-corrected chi connectivity index (χ4v) is 1.10. The number of carbonyl (C=O) groups excluding carboxylic acids is 1. The predicted octanol–water partition coefficient (Wildman–Crippen LogP) is 1.29. The van der Waals surface area contributed by atoms with Crippen LogP contribution in [0.15, 0.2) is 11.2 Å². The van der Waals surface area contributed by atoms with Gasteiger partial charge in [-0.25, -0.2) is 9.79 Å². The minimum absolute atomic E-state index is 0.322. The summed E-state index contributed by atoms with van der Waals surface area (Å²) < 4.78 is 11.3. The molecule has 0 saturated heterocycles. The second-order valence-corrected chi connectivity index (χ2v) is 2.92. The highest BCUT2D eigenvalue weighted by Gasteiger charge is 2.16. The lowest BCUT2D eigenvalue weighted by molar-refractivity contribution is 0.0527. The molecule has 0 saturated carbocycles. The minimum atomic E-state index is -0.431. The molecule has 0 fully saturated rings. The average molecular weight is 225 g/mol. The van der Waals surface area contributed by atoms with Crippen molar-refractivity contribution in [2.45, 2.75) is 13.8 Å². The quantitative estimate of drug-likeness (QED) is 0.430. The Kier molecular flexibility index (Phi) is 4.50. The van der Waals surface area contributed by atoms with Gasteiger partial charge in [-0.15, -0.1) is 0 Å². The first-order valence-electron chi connectivity index (χ1n) is 5.04. The summed E-state index contributed by atoms with van der Waals surface area (Å²) in [6.07, 6.45) is 2.72. The van der Waals surface area contributed by atoms with Crippen LogP contribution in [0.1, 0.15) is 24.2 Å². The highest BCUT2D eigenvalue weighted by Crippen LogP contribution is 2.18. The van der Waals surface area contributed by atoms with Gasteiger partial charge in [-0.1, -0.05) is 0 Å². The van der Waals surface area contributed by atoms with Crippen LogP contribution < -0.4 is 0 Å². The van der Waals surface area contributed by atoms with Crippen molar-refractivity contribution >= 4 is 18.2 Å². The van der Waals surface area contributed by atoms with E-state index in [-0.39, 0.29) is 0 Å². The van der Waals surface area contributed by atoms with Crippen molar-refractivity contribution < 1.29 is 14.3 Å². The van der Waals surface area contributed by atoms with Gasteiger partial charge >= 0.3 is 5.97 Å². The fourth-order valence-electron chi connectivity index (χ4n) is 1.10. The molecule has 1 aromatic heterocycles. The van der Waals surface area contributed by atoms with Gasteiger partial charge in [-0.05, 0) is 13.8 Å². The fraction of sp³-hybridized carbons (Fsp3) is 0.500. The molecule has 1 rings (SSSR count). The van der Waals surface area contributed by atoms with Gasteiger partial charge in [0.25, 0.3) is 0 Å². The Bertz CT molecular complexity index is 385. The van der Waals surface area contributed by atoms with Crippen molar-refractivity contribution in [3.05, 3.63) is 11.8 Å². The second-order valence-electron chi connectivity index (χ2n) is 2.92. The largest absolute Gasteiger partial charge is 0.483 e. The summed E-state index contributed by atoms with van der Waals surface area (Å²) in [6.45, 7) is 4.44. The Balaban J connectivity index is 2.89. The molecule has 0 radical (unpaired) electrons. The zero-order valence-corrected chi connectivity index (χ0v) is 9.64. The third kappa shape index (κ3) is 2.82. The molecule has 0 unspecified atom stereocenters. The lowest BCUT2D eigenvalue weighted by Crippen LogP contribution is -2.04. The third-order valence-electron chi connectivity index (χ3n) is 1.82. The summed E-state index contributed by atoms with van der Waals surface area (Å²) in [5.74, 6) is -0.00820. The third-order valence-corrected chi connectivity index (χ3v) is 1.82. The Morgan fingerprint density at radius 3 is 2.94 bits per heavy atom. The second kappa shape index (κ2) is 5.89. The molecule has 0 spiro atoms. The van der Waals surface area contributed by atoms with Crippen molar-refractivity contribution in [2.24, 2.45) is 12.0 Å². The van der Waals surface area contributed by atoms with Crippen molar-refractivity contribution in [2.75, 3.05) is 13.2 Å². The van der Waals surface area contributed by atoms with Crippen LogP contribution in [0.2, 0.25) is 0 Å². The van der Waals surface area contributed by atoms with Gasteiger partial charge in [-0.2, -0.15) is 5.10 Å². The van der Waals surface area contributed by atoms with Crippen LogP contribution >= 0.6 is 0 Å². The Morgan fingerprint density at radius 2 is 2.31 bits per heavy atom. The zero-order chi connectivity index (χ0) is 12.0. The molecule has 0 bridgehead atoms. The number of aromatic nitrogens is 2. The number of rotatable bonds is 5. The lowest BCUT2D eigenvalue weighted by atomic mass is 10.3. The molecule has 0 amide bonds. The Morgan fingerprint density at radius 1 is 1.56 bits per heavy atom. The van der Waals surface area contributed by atoms with Crippen molar-refractivity contribution in [3.63, 3.8) is 0 Å². The normalized spacial score (nSPS) is 10.7. The van der Waals surface area contributed by atoms with Gasteiger partial charge in [0.2, 0.25) is 0 Å². The maximum atomic E-state index is 11.5. The molecule has 0 aliphatic heterocycles. The van der Waals surface area contributed by atoms with E-state index in [0.717, 1.165) is 0 Å². The minimum Gasteiger partial charge on any atom is -0.483 e. The Hall–Kier alpha value is -1.85. The maximum absolute atomic E-state index is 11.5. The summed E-state index contributed by atoms with van der Waals surface area (Å²) in [5.41, 5.74) is 0.334. The van der Waals surface area contributed by atoms with Crippen molar-refractivity contribution in [3.8, 4) is 0 Å². The maximum Gasteiger partial charge on any atom is 0.343 e. The molecule has 16 heavy (non-hydrogen) atoms. The van der Waals surface area contributed by atoms with Gasteiger partial charge in [0.05, 0.1) is 19.4 Å². The number of nitrogens with zero attached hydrogens (tertiary/aromatic N) is 3. The van der Waals surface area contributed by atoms with Gasteiger partial charge in [0.1, 0.15) is 5.56 Å². The molecule has 6 nitrogen and oxygen atoms in total. The number of hydrogen-bond acceptors (Lipinski definition) is 5. The van der Waals surface area contributed by atoms with E-state index in [1.807, 2.05) is 6.92 Å². The van der Waals surface area contributed by atoms with E-state index in [1.54, 1.807) is 14.0 Å². The number of aliphatic imine (C=N–C) groups is 1. The number of ether oxygens (including phenoxy) is 2. The smallest absolute Gasteiger partial charge is 0.343 e. The summed E-state index contributed by atoms with van der Waals surface area (Å²) in [4.78, 5) is 15.5. The van der Waals surface area contributed by atoms with Crippen LogP contribution in [-0.2, 0) is 16.5 Å². The van der Waals surface area contributed by atoms with Crippen LogP contribution in [-0.4, -0.2) is 35.4 Å². The van der Waals surface area contributed by atoms with E-state index >= 15 is 0 Å². The average Bonchev–Trinajstić information content (AvgIpc) is 2.61. The molecule has 0 N–H and O–H groups in total. The predicted molar refractivity (Wildman–Crippen MR) is 58.9 cm³/mol. The zero-order valence-electron chi connectivity index (χ0n) is 9.64. The number of hydrogen-bond donors (Lipinski definition) is 0. The molecule has 1 heterocycles. The van der Waals surface area contributed by atoms with Gasteiger partial charge in [0.15, 0.2) is 12.2 Å². The summed E-state index contributed by atoms with van der Waals surface area (Å²) in [6, 6.07) is 0. The molecule has 0 aromatic carbocycles.